The van der Waals surface area contributed by atoms with E-state index < -0.39 is 0 Å². The van der Waals surface area contributed by atoms with Crippen LogP contribution in [0.2, 0.25) is 0 Å². The first kappa shape index (κ1) is 15.4. The number of carbonyl (C=O) groups excluding carboxylic acids is 1. The van der Waals surface area contributed by atoms with Crippen LogP contribution < -0.4 is 10.6 Å². The maximum atomic E-state index is 11.6. The van der Waals surface area contributed by atoms with Gasteiger partial charge in [0.2, 0.25) is 5.91 Å². The van der Waals surface area contributed by atoms with Crippen LogP contribution in [-0.4, -0.2) is 51.5 Å². The molecule has 2 N–H and O–H groups in total. The third-order valence-electron chi connectivity index (χ3n) is 2.86. The molecule has 106 valence electrons. The molecule has 1 amide bonds. The Kier molecular flexibility index (Phi) is 8.81. The van der Waals surface area contributed by atoms with Gasteiger partial charge < -0.3 is 20.1 Å². The van der Waals surface area contributed by atoms with Gasteiger partial charge in [-0.05, 0) is 32.2 Å². The summed E-state index contributed by atoms with van der Waals surface area (Å²) in [4.78, 5) is 11.6. The van der Waals surface area contributed by atoms with Gasteiger partial charge in [0.15, 0.2) is 0 Å². The predicted octanol–water partition coefficient (Wildman–Crippen LogP) is 0.688. The summed E-state index contributed by atoms with van der Waals surface area (Å²) in [6.07, 6.45) is 3.86. The van der Waals surface area contributed by atoms with E-state index in [0.29, 0.717) is 12.6 Å². The maximum absolute atomic E-state index is 11.6. The summed E-state index contributed by atoms with van der Waals surface area (Å²) in [5.41, 5.74) is 0. The Balaban J connectivity index is 1.90. The van der Waals surface area contributed by atoms with Crippen molar-refractivity contribution in [2.45, 2.75) is 38.6 Å². The molecule has 1 aliphatic rings. The minimum atomic E-state index is 0.0800. The Labute approximate surface area is 110 Å². The molecule has 0 spiro atoms. The van der Waals surface area contributed by atoms with Crippen LogP contribution in [0.25, 0.3) is 0 Å². The van der Waals surface area contributed by atoms with Crippen molar-refractivity contribution >= 4 is 5.91 Å². The van der Waals surface area contributed by atoms with E-state index in [1.807, 2.05) is 0 Å². The summed E-state index contributed by atoms with van der Waals surface area (Å²) < 4.78 is 10.6. The van der Waals surface area contributed by atoms with Crippen molar-refractivity contribution in [3.05, 3.63) is 0 Å². The van der Waals surface area contributed by atoms with Gasteiger partial charge in [0.1, 0.15) is 0 Å². The number of ether oxygens (including phenoxy) is 2. The summed E-state index contributed by atoms with van der Waals surface area (Å²) >= 11 is 0. The Hall–Kier alpha value is -0.650. The first-order valence-corrected chi connectivity index (χ1v) is 6.98. The van der Waals surface area contributed by atoms with Gasteiger partial charge in [0, 0.05) is 32.5 Å². The Morgan fingerprint density at radius 3 is 2.83 bits per heavy atom. The number of hydrogen-bond donors (Lipinski definition) is 2. The lowest BCUT2D eigenvalue weighted by atomic mass is 10.1. The van der Waals surface area contributed by atoms with Crippen LogP contribution in [0.3, 0.4) is 0 Å². The standard InChI is InChI=1S/C13H26N2O3/c1-2-7-17-8-3-6-14-11-13(16)15-12-4-9-18-10-5-12/h12,14H,2-11H2,1H3,(H,15,16). The van der Waals surface area contributed by atoms with Crippen LogP contribution in [0.5, 0.6) is 0 Å². The van der Waals surface area contributed by atoms with E-state index in [2.05, 4.69) is 17.6 Å². The molecule has 0 aromatic carbocycles. The van der Waals surface area contributed by atoms with E-state index in [0.717, 1.165) is 58.7 Å². The van der Waals surface area contributed by atoms with Crippen LogP contribution in [0, 0.1) is 0 Å². The van der Waals surface area contributed by atoms with Crippen molar-refractivity contribution in [1.82, 2.24) is 10.6 Å². The van der Waals surface area contributed by atoms with Gasteiger partial charge in [-0.15, -0.1) is 0 Å². The molecule has 1 aliphatic heterocycles. The van der Waals surface area contributed by atoms with Gasteiger partial charge in [-0.3, -0.25) is 4.79 Å². The van der Waals surface area contributed by atoms with Gasteiger partial charge in [-0.2, -0.15) is 0 Å². The number of nitrogens with one attached hydrogen (secondary N) is 2. The molecule has 18 heavy (non-hydrogen) atoms. The normalized spacial score (nSPS) is 16.7. The molecule has 1 fully saturated rings. The van der Waals surface area contributed by atoms with Gasteiger partial charge in [0.05, 0.1) is 6.54 Å². The highest BCUT2D eigenvalue weighted by atomic mass is 16.5. The van der Waals surface area contributed by atoms with E-state index in [9.17, 15) is 4.79 Å². The quantitative estimate of drug-likeness (QED) is 0.597. The summed E-state index contributed by atoms with van der Waals surface area (Å²) in [5.74, 6) is 0.0800. The van der Waals surface area contributed by atoms with Gasteiger partial charge >= 0.3 is 0 Å². The molecule has 1 heterocycles. The third-order valence-corrected chi connectivity index (χ3v) is 2.86. The number of rotatable bonds is 9. The summed E-state index contributed by atoms with van der Waals surface area (Å²) in [6, 6.07) is 0.293. The van der Waals surface area contributed by atoms with E-state index in [1.54, 1.807) is 0 Å². The molecule has 1 saturated heterocycles. The first-order chi connectivity index (χ1) is 8.83. The third kappa shape index (κ3) is 7.63. The fourth-order valence-corrected chi connectivity index (χ4v) is 1.87. The Morgan fingerprint density at radius 2 is 2.11 bits per heavy atom. The largest absolute Gasteiger partial charge is 0.381 e. The van der Waals surface area contributed by atoms with E-state index >= 15 is 0 Å². The molecule has 5 heteroatoms. The Morgan fingerprint density at radius 1 is 1.33 bits per heavy atom. The minimum Gasteiger partial charge on any atom is -0.381 e. The zero-order valence-electron chi connectivity index (χ0n) is 11.4. The fourth-order valence-electron chi connectivity index (χ4n) is 1.87. The van der Waals surface area contributed by atoms with Gasteiger partial charge in [-0.1, -0.05) is 6.92 Å². The van der Waals surface area contributed by atoms with E-state index in [1.165, 1.54) is 0 Å². The van der Waals surface area contributed by atoms with Crippen LogP contribution in [0.4, 0.5) is 0 Å². The molecule has 0 aliphatic carbocycles. The fraction of sp³-hybridized carbons (Fsp3) is 0.923. The lowest BCUT2D eigenvalue weighted by molar-refractivity contribution is -0.121. The van der Waals surface area contributed by atoms with Crippen LogP contribution in [0.15, 0.2) is 0 Å². The zero-order chi connectivity index (χ0) is 13.1. The van der Waals surface area contributed by atoms with Crippen molar-refractivity contribution in [3.63, 3.8) is 0 Å². The molecule has 5 nitrogen and oxygen atoms in total. The van der Waals surface area contributed by atoms with Crippen molar-refractivity contribution in [1.29, 1.82) is 0 Å². The second-order valence-electron chi connectivity index (χ2n) is 4.60. The molecule has 0 aromatic rings. The molecule has 0 saturated carbocycles. The second-order valence-corrected chi connectivity index (χ2v) is 4.60. The number of carbonyl (C=O) groups is 1. The predicted molar refractivity (Wildman–Crippen MR) is 70.6 cm³/mol. The molecule has 0 aromatic heterocycles. The molecule has 1 rings (SSSR count). The summed E-state index contributed by atoms with van der Waals surface area (Å²) in [7, 11) is 0. The molecule has 0 atom stereocenters. The summed E-state index contributed by atoms with van der Waals surface area (Å²) in [6.45, 7) is 6.42. The van der Waals surface area contributed by atoms with Crippen LogP contribution in [0.1, 0.15) is 32.6 Å². The highest BCUT2D eigenvalue weighted by Crippen LogP contribution is 2.05. The summed E-state index contributed by atoms with van der Waals surface area (Å²) in [5, 5.41) is 6.15. The molecule has 0 unspecified atom stereocenters. The van der Waals surface area contributed by atoms with Crippen LogP contribution >= 0.6 is 0 Å². The van der Waals surface area contributed by atoms with E-state index in [-0.39, 0.29) is 5.91 Å². The average Bonchev–Trinajstić information content (AvgIpc) is 2.39. The molecular weight excluding hydrogens is 232 g/mol. The van der Waals surface area contributed by atoms with Crippen molar-refractivity contribution in [3.8, 4) is 0 Å². The smallest absolute Gasteiger partial charge is 0.234 e. The highest BCUT2D eigenvalue weighted by Gasteiger charge is 2.15. The number of amides is 1. The van der Waals surface area contributed by atoms with Crippen LogP contribution in [-0.2, 0) is 14.3 Å². The van der Waals surface area contributed by atoms with Gasteiger partial charge in [0.25, 0.3) is 0 Å². The van der Waals surface area contributed by atoms with Gasteiger partial charge in [-0.25, -0.2) is 0 Å². The maximum Gasteiger partial charge on any atom is 0.234 e. The lowest BCUT2D eigenvalue weighted by Crippen LogP contribution is -2.43. The van der Waals surface area contributed by atoms with Crippen molar-refractivity contribution in [2.75, 3.05) is 39.5 Å². The molecule has 0 radical (unpaired) electrons. The number of hydrogen-bond acceptors (Lipinski definition) is 4. The SMILES string of the molecule is CCCOCCCNCC(=O)NC1CCOCC1. The topological polar surface area (TPSA) is 59.6 Å². The first-order valence-electron chi connectivity index (χ1n) is 6.98. The van der Waals surface area contributed by atoms with Crippen molar-refractivity contribution in [2.24, 2.45) is 0 Å². The molecule has 0 bridgehead atoms. The van der Waals surface area contributed by atoms with Crippen molar-refractivity contribution < 1.29 is 14.3 Å². The lowest BCUT2D eigenvalue weighted by Gasteiger charge is -2.23. The molecular formula is C13H26N2O3. The monoisotopic (exact) mass is 258 g/mol. The highest BCUT2D eigenvalue weighted by molar-refractivity contribution is 5.78. The second kappa shape index (κ2) is 10.3. The van der Waals surface area contributed by atoms with E-state index in [4.69, 9.17) is 9.47 Å². The minimum absolute atomic E-state index is 0.0800. The Bertz CT molecular complexity index is 218. The average molecular weight is 258 g/mol. The zero-order valence-corrected chi connectivity index (χ0v) is 11.4.